The summed E-state index contributed by atoms with van der Waals surface area (Å²) in [5, 5.41) is 0. The van der Waals surface area contributed by atoms with Crippen LogP contribution in [0.2, 0.25) is 0 Å². The smallest absolute Gasteiger partial charge is 0.254 e. The van der Waals surface area contributed by atoms with E-state index >= 15 is 0 Å². The number of rotatable bonds is 2. The van der Waals surface area contributed by atoms with Crippen LogP contribution in [0.3, 0.4) is 0 Å². The van der Waals surface area contributed by atoms with Crippen LogP contribution in [0.4, 0.5) is 0 Å². The topological polar surface area (TPSA) is 46.3 Å². The van der Waals surface area contributed by atoms with Gasteiger partial charge in [0.1, 0.15) is 0 Å². The van der Waals surface area contributed by atoms with Crippen LogP contribution in [0.1, 0.15) is 36.0 Å². The molecule has 2 atom stereocenters. The monoisotopic (exact) mass is 244 g/mol. The predicted octanol–water partition coefficient (Wildman–Crippen LogP) is 2.03. The molecule has 2 bridgehead atoms. The highest BCUT2D eigenvalue weighted by Gasteiger charge is 2.42. The van der Waals surface area contributed by atoms with Crippen molar-refractivity contribution < 1.29 is 4.79 Å². The number of nitrogens with two attached hydrogens (primary N) is 1. The molecule has 0 aromatic heterocycles. The molecule has 2 aliphatic heterocycles. The van der Waals surface area contributed by atoms with Crippen LogP contribution in [-0.4, -0.2) is 29.4 Å². The van der Waals surface area contributed by atoms with E-state index in [1.165, 1.54) is 0 Å². The molecule has 1 amide bonds. The van der Waals surface area contributed by atoms with E-state index in [2.05, 4.69) is 4.90 Å². The lowest BCUT2D eigenvalue weighted by Crippen LogP contribution is -2.47. The van der Waals surface area contributed by atoms with E-state index in [4.69, 9.17) is 5.73 Å². The standard InChI is InChI=1S/C15H20N2O/c16-10-11-8-13-6-7-14(9-11)17(13)15(18)12-4-2-1-3-5-12/h1-5,11,13-14H,6-10,16H2. The van der Waals surface area contributed by atoms with Crippen LogP contribution in [-0.2, 0) is 0 Å². The van der Waals surface area contributed by atoms with Crippen molar-refractivity contribution >= 4 is 5.91 Å². The first-order chi connectivity index (χ1) is 8.79. The van der Waals surface area contributed by atoms with Gasteiger partial charge in [0.2, 0.25) is 0 Å². The largest absolute Gasteiger partial charge is 0.333 e. The molecule has 3 heteroatoms. The highest BCUT2D eigenvalue weighted by atomic mass is 16.2. The fraction of sp³-hybridized carbons (Fsp3) is 0.533. The lowest BCUT2D eigenvalue weighted by atomic mass is 9.90. The van der Waals surface area contributed by atoms with Gasteiger partial charge in [0.25, 0.3) is 5.91 Å². The van der Waals surface area contributed by atoms with E-state index in [0.29, 0.717) is 18.0 Å². The maximum atomic E-state index is 12.6. The summed E-state index contributed by atoms with van der Waals surface area (Å²) in [6.07, 6.45) is 4.48. The van der Waals surface area contributed by atoms with E-state index in [0.717, 1.165) is 37.8 Å². The first kappa shape index (κ1) is 11.7. The van der Waals surface area contributed by atoms with E-state index in [1.807, 2.05) is 30.3 Å². The minimum Gasteiger partial charge on any atom is -0.333 e. The number of carbonyl (C=O) groups excluding carboxylic acids is 1. The molecule has 0 aliphatic carbocycles. The van der Waals surface area contributed by atoms with Crippen molar-refractivity contribution in [3.8, 4) is 0 Å². The summed E-state index contributed by atoms with van der Waals surface area (Å²) >= 11 is 0. The summed E-state index contributed by atoms with van der Waals surface area (Å²) in [6, 6.07) is 10.5. The number of benzene rings is 1. The highest BCUT2D eigenvalue weighted by Crippen LogP contribution is 2.39. The van der Waals surface area contributed by atoms with Crippen molar-refractivity contribution in [3.63, 3.8) is 0 Å². The number of piperidine rings is 1. The Bertz CT molecular complexity index is 417. The van der Waals surface area contributed by atoms with Crippen molar-refractivity contribution in [1.82, 2.24) is 4.90 Å². The van der Waals surface area contributed by atoms with Gasteiger partial charge < -0.3 is 10.6 Å². The fourth-order valence-corrected chi connectivity index (χ4v) is 3.54. The molecule has 0 radical (unpaired) electrons. The quantitative estimate of drug-likeness (QED) is 0.865. The molecular formula is C15H20N2O. The number of nitrogens with zero attached hydrogens (tertiary/aromatic N) is 1. The summed E-state index contributed by atoms with van der Waals surface area (Å²) in [7, 11) is 0. The SMILES string of the molecule is NCC1CC2CCC(C1)N2C(=O)c1ccccc1. The predicted molar refractivity (Wildman–Crippen MR) is 71.2 cm³/mol. The van der Waals surface area contributed by atoms with Crippen molar-refractivity contribution in [1.29, 1.82) is 0 Å². The lowest BCUT2D eigenvalue weighted by Gasteiger charge is -2.38. The van der Waals surface area contributed by atoms with Crippen LogP contribution in [0, 0.1) is 5.92 Å². The molecule has 0 saturated carbocycles. The second-order valence-corrected chi connectivity index (χ2v) is 5.54. The maximum Gasteiger partial charge on any atom is 0.254 e. The van der Waals surface area contributed by atoms with Crippen molar-refractivity contribution in [2.45, 2.75) is 37.8 Å². The minimum absolute atomic E-state index is 0.207. The second-order valence-electron chi connectivity index (χ2n) is 5.54. The molecule has 3 rings (SSSR count). The summed E-state index contributed by atoms with van der Waals surface area (Å²) in [5.41, 5.74) is 6.60. The van der Waals surface area contributed by atoms with Gasteiger partial charge in [0, 0.05) is 17.6 Å². The third-order valence-electron chi connectivity index (χ3n) is 4.42. The Kier molecular flexibility index (Phi) is 3.08. The second kappa shape index (κ2) is 4.73. The van der Waals surface area contributed by atoms with Crippen molar-refractivity contribution in [2.75, 3.05) is 6.54 Å². The van der Waals surface area contributed by atoms with Crippen LogP contribution in [0.15, 0.2) is 30.3 Å². The van der Waals surface area contributed by atoms with E-state index in [-0.39, 0.29) is 5.91 Å². The molecule has 18 heavy (non-hydrogen) atoms. The zero-order valence-electron chi connectivity index (χ0n) is 10.6. The minimum atomic E-state index is 0.207. The molecule has 3 nitrogen and oxygen atoms in total. The summed E-state index contributed by atoms with van der Waals surface area (Å²) in [6.45, 7) is 0.764. The van der Waals surface area contributed by atoms with Gasteiger partial charge in [-0.2, -0.15) is 0 Å². The van der Waals surface area contributed by atoms with Gasteiger partial charge in [-0.15, -0.1) is 0 Å². The highest BCUT2D eigenvalue weighted by molar-refractivity contribution is 5.94. The Morgan fingerprint density at radius 2 is 1.78 bits per heavy atom. The Balaban J connectivity index is 1.80. The van der Waals surface area contributed by atoms with Gasteiger partial charge >= 0.3 is 0 Å². The number of carbonyl (C=O) groups is 1. The van der Waals surface area contributed by atoms with E-state index in [1.54, 1.807) is 0 Å². The number of amides is 1. The van der Waals surface area contributed by atoms with Crippen LogP contribution in [0.25, 0.3) is 0 Å². The zero-order valence-corrected chi connectivity index (χ0v) is 10.6. The van der Waals surface area contributed by atoms with Crippen LogP contribution < -0.4 is 5.73 Å². The average molecular weight is 244 g/mol. The molecule has 1 aromatic rings. The molecule has 2 unspecified atom stereocenters. The van der Waals surface area contributed by atoms with E-state index < -0.39 is 0 Å². The van der Waals surface area contributed by atoms with E-state index in [9.17, 15) is 4.79 Å². The Morgan fingerprint density at radius 3 is 2.33 bits per heavy atom. The van der Waals surface area contributed by atoms with Gasteiger partial charge in [0.05, 0.1) is 0 Å². The molecular weight excluding hydrogens is 224 g/mol. The maximum absolute atomic E-state index is 12.6. The summed E-state index contributed by atoms with van der Waals surface area (Å²) in [5.74, 6) is 0.820. The van der Waals surface area contributed by atoms with Crippen molar-refractivity contribution in [3.05, 3.63) is 35.9 Å². The number of hydrogen-bond acceptors (Lipinski definition) is 2. The molecule has 0 spiro atoms. The Labute approximate surface area is 108 Å². The van der Waals surface area contributed by atoms with Crippen LogP contribution in [0.5, 0.6) is 0 Å². The normalized spacial score (nSPS) is 30.5. The van der Waals surface area contributed by atoms with Gasteiger partial charge in [-0.3, -0.25) is 4.79 Å². The summed E-state index contributed by atoms with van der Waals surface area (Å²) in [4.78, 5) is 14.7. The molecule has 2 saturated heterocycles. The molecule has 96 valence electrons. The molecule has 2 aliphatic rings. The molecule has 2 fully saturated rings. The number of hydrogen-bond donors (Lipinski definition) is 1. The fourth-order valence-electron chi connectivity index (χ4n) is 3.54. The first-order valence-electron chi connectivity index (χ1n) is 6.87. The average Bonchev–Trinajstić information content (AvgIpc) is 2.69. The zero-order chi connectivity index (χ0) is 12.5. The van der Waals surface area contributed by atoms with Crippen molar-refractivity contribution in [2.24, 2.45) is 11.7 Å². The molecule has 2 heterocycles. The third kappa shape index (κ3) is 1.93. The van der Waals surface area contributed by atoms with Crippen LogP contribution >= 0.6 is 0 Å². The molecule has 1 aromatic carbocycles. The third-order valence-corrected chi connectivity index (χ3v) is 4.42. The Hall–Kier alpha value is -1.35. The Morgan fingerprint density at radius 1 is 1.17 bits per heavy atom. The lowest BCUT2D eigenvalue weighted by molar-refractivity contribution is 0.0530. The van der Waals surface area contributed by atoms with Gasteiger partial charge in [-0.05, 0) is 50.3 Å². The first-order valence-corrected chi connectivity index (χ1v) is 6.87. The van der Waals surface area contributed by atoms with Gasteiger partial charge in [-0.25, -0.2) is 0 Å². The molecule has 2 N–H and O–H groups in total. The summed E-state index contributed by atoms with van der Waals surface area (Å²) < 4.78 is 0. The van der Waals surface area contributed by atoms with Gasteiger partial charge in [0.15, 0.2) is 0 Å². The van der Waals surface area contributed by atoms with Gasteiger partial charge in [-0.1, -0.05) is 18.2 Å². The number of fused-ring (bicyclic) bond motifs is 2.